The maximum absolute atomic E-state index is 5.02. The lowest BCUT2D eigenvalue weighted by molar-refractivity contribution is 0.0487. The fourth-order valence-corrected chi connectivity index (χ4v) is 1.15. The van der Waals surface area contributed by atoms with Crippen molar-refractivity contribution in [2.45, 2.75) is 24.2 Å². The zero-order valence-electron chi connectivity index (χ0n) is 4.42. The average molecular weight is 118 g/mol. The van der Waals surface area contributed by atoms with Gasteiger partial charge in [-0.1, -0.05) is 0 Å². The summed E-state index contributed by atoms with van der Waals surface area (Å²) in [6.07, 6.45) is 2.87. The fourth-order valence-electron chi connectivity index (χ4n) is 0.727. The van der Waals surface area contributed by atoms with Gasteiger partial charge >= 0.3 is 0 Å². The minimum atomic E-state index is 0.448. The first-order valence-corrected chi connectivity index (χ1v) is 3.07. The van der Waals surface area contributed by atoms with E-state index in [0.717, 1.165) is 0 Å². The highest BCUT2D eigenvalue weighted by molar-refractivity contribution is 7.81. The van der Waals surface area contributed by atoms with Crippen molar-refractivity contribution >= 4 is 12.6 Å². The lowest BCUT2D eigenvalue weighted by atomic mass is 9.95. The third kappa shape index (κ3) is 0.916. The van der Waals surface area contributed by atoms with E-state index in [1.807, 2.05) is 0 Å². The van der Waals surface area contributed by atoms with Gasteiger partial charge in [0.05, 0.1) is 6.10 Å². The SMILES string of the molecule is COC1CCC1S. The van der Waals surface area contributed by atoms with Gasteiger partial charge in [-0.3, -0.25) is 0 Å². The smallest absolute Gasteiger partial charge is 0.0687 e. The van der Waals surface area contributed by atoms with Crippen LogP contribution in [0, 0.1) is 0 Å². The highest BCUT2D eigenvalue weighted by atomic mass is 32.1. The van der Waals surface area contributed by atoms with Crippen molar-refractivity contribution in [1.82, 2.24) is 0 Å². The summed E-state index contributed by atoms with van der Waals surface area (Å²) in [5.41, 5.74) is 0. The Labute approximate surface area is 49.5 Å². The molecule has 1 rings (SSSR count). The molecule has 2 atom stereocenters. The quantitative estimate of drug-likeness (QED) is 0.507. The van der Waals surface area contributed by atoms with Crippen molar-refractivity contribution in [3.05, 3.63) is 0 Å². The molecular weight excluding hydrogens is 108 g/mol. The number of hydrogen-bond acceptors (Lipinski definition) is 2. The summed E-state index contributed by atoms with van der Waals surface area (Å²) in [6.45, 7) is 0. The first kappa shape index (κ1) is 5.45. The molecule has 2 heteroatoms. The van der Waals surface area contributed by atoms with E-state index in [9.17, 15) is 0 Å². The Hall–Kier alpha value is 0.310. The van der Waals surface area contributed by atoms with Crippen molar-refractivity contribution in [2.75, 3.05) is 7.11 Å². The van der Waals surface area contributed by atoms with Gasteiger partial charge in [-0.05, 0) is 12.8 Å². The summed E-state index contributed by atoms with van der Waals surface area (Å²) in [5.74, 6) is 0. The topological polar surface area (TPSA) is 9.23 Å². The van der Waals surface area contributed by atoms with Gasteiger partial charge in [-0.15, -0.1) is 0 Å². The third-order valence-corrected chi connectivity index (χ3v) is 2.07. The van der Waals surface area contributed by atoms with Gasteiger partial charge < -0.3 is 4.74 Å². The summed E-state index contributed by atoms with van der Waals surface area (Å²) < 4.78 is 5.02. The van der Waals surface area contributed by atoms with Crippen molar-refractivity contribution in [3.63, 3.8) is 0 Å². The van der Waals surface area contributed by atoms with Gasteiger partial charge in [0.2, 0.25) is 0 Å². The largest absolute Gasteiger partial charge is 0.380 e. The van der Waals surface area contributed by atoms with Crippen molar-refractivity contribution in [1.29, 1.82) is 0 Å². The molecule has 1 nitrogen and oxygen atoms in total. The van der Waals surface area contributed by atoms with E-state index in [2.05, 4.69) is 12.6 Å². The zero-order valence-corrected chi connectivity index (χ0v) is 5.32. The van der Waals surface area contributed by atoms with Gasteiger partial charge in [-0.2, -0.15) is 12.6 Å². The molecule has 0 amide bonds. The zero-order chi connectivity index (χ0) is 5.28. The summed E-state index contributed by atoms with van der Waals surface area (Å²) >= 11 is 4.23. The average Bonchev–Trinajstić information content (AvgIpc) is 1.65. The van der Waals surface area contributed by atoms with Crippen molar-refractivity contribution < 1.29 is 4.74 Å². The molecule has 1 saturated carbocycles. The molecule has 42 valence electrons. The Balaban J connectivity index is 2.16. The number of thiol groups is 1. The molecule has 0 aromatic rings. The molecule has 1 aliphatic carbocycles. The summed E-state index contributed by atoms with van der Waals surface area (Å²) in [5, 5.41) is 0.519. The van der Waals surface area contributed by atoms with Gasteiger partial charge in [0.25, 0.3) is 0 Å². The number of hydrogen-bond donors (Lipinski definition) is 1. The predicted molar refractivity (Wildman–Crippen MR) is 32.8 cm³/mol. The first-order valence-electron chi connectivity index (χ1n) is 2.55. The van der Waals surface area contributed by atoms with Crippen LogP contribution in [0.25, 0.3) is 0 Å². The molecule has 0 heterocycles. The molecule has 0 aromatic heterocycles. The van der Waals surface area contributed by atoms with Crippen LogP contribution in [0.5, 0.6) is 0 Å². The van der Waals surface area contributed by atoms with E-state index in [-0.39, 0.29) is 0 Å². The second-order valence-corrected chi connectivity index (χ2v) is 2.58. The summed E-state index contributed by atoms with van der Waals surface area (Å²) in [6, 6.07) is 0. The van der Waals surface area contributed by atoms with Crippen LogP contribution in [0.4, 0.5) is 0 Å². The third-order valence-electron chi connectivity index (χ3n) is 1.48. The lowest BCUT2D eigenvalue weighted by Gasteiger charge is -2.30. The Bertz CT molecular complexity index is 63.1. The minimum absolute atomic E-state index is 0.448. The van der Waals surface area contributed by atoms with Crippen LogP contribution in [0.1, 0.15) is 12.8 Å². The molecule has 7 heavy (non-hydrogen) atoms. The number of rotatable bonds is 1. The predicted octanol–water partition coefficient (Wildman–Crippen LogP) is 1.09. The summed E-state index contributed by atoms with van der Waals surface area (Å²) in [7, 11) is 1.74. The van der Waals surface area contributed by atoms with E-state index in [0.29, 0.717) is 11.4 Å². The van der Waals surface area contributed by atoms with Crippen LogP contribution in [0.15, 0.2) is 0 Å². The van der Waals surface area contributed by atoms with E-state index in [1.54, 1.807) is 7.11 Å². The van der Waals surface area contributed by atoms with Gasteiger partial charge in [0.1, 0.15) is 0 Å². The van der Waals surface area contributed by atoms with E-state index in [1.165, 1.54) is 12.8 Å². The van der Waals surface area contributed by atoms with Gasteiger partial charge in [0.15, 0.2) is 0 Å². The Kier molecular flexibility index (Phi) is 1.60. The molecule has 0 saturated heterocycles. The van der Waals surface area contributed by atoms with Crippen LogP contribution < -0.4 is 0 Å². The number of ether oxygens (including phenoxy) is 1. The van der Waals surface area contributed by atoms with Crippen LogP contribution in [0.2, 0.25) is 0 Å². The van der Waals surface area contributed by atoms with Gasteiger partial charge in [0, 0.05) is 12.4 Å². The molecular formula is C5H10OS. The highest BCUT2D eigenvalue weighted by Crippen LogP contribution is 2.26. The van der Waals surface area contributed by atoms with Crippen LogP contribution in [-0.2, 0) is 4.74 Å². The Morgan fingerprint density at radius 1 is 1.57 bits per heavy atom. The Morgan fingerprint density at radius 2 is 2.29 bits per heavy atom. The maximum Gasteiger partial charge on any atom is 0.0687 e. The molecule has 1 fully saturated rings. The van der Waals surface area contributed by atoms with Crippen LogP contribution in [0.3, 0.4) is 0 Å². The maximum atomic E-state index is 5.02. The molecule has 0 spiro atoms. The Morgan fingerprint density at radius 3 is 2.29 bits per heavy atom. The minimum Gasteiger partial charge on any atom is -0.380 e. The van der Waals surface area contributed by atoms with Gasteiger partial charge in [-0.25, -0.2) is 0 Å². The molecule has 0 radical (unpaired) electrons. The lowest BCUT2D eigenvalue weighted by Crippen LogP contribution is -2.33. The molecule has 0 aromatic carbocycles. The second kappa shape index (κ2) is 2.05. The highest BCUT2D eigenvalue weighted by Gasteiger charge is 2.26. The molecule has 0 bridgehead atoms. The van der Waals surface area contributed by atoms with E-state index in [4.69, 9.17) is 4.74 Å². The standard InChI is InChI=1S/C5H10OS/c1-6-4-2-3-5(4)7/h4-5,7H,2-3H2,1H3. The molecule has 2 unspecified atom stereocenters. The summed E-state index contributed by atoms with van der Waals surface area (Å²) in [4.78, 5) is 0. The van der Waals surface area contributed by atoms with Crippen molar-refractivity contribution in [3.8, 4) is 0 Å². The van der Waals surface area contributed by atoms with Crippen LogP contribution in [-0.4, -0.2) is 18.5 Å². The van der Waals surface area contributed by atoms with Crippen LogP contribution >= 0.6 is 12.6 Å². The van der Waals surface area contributed by atoms with E-state index < -0.39 is 0 Å². The normalized spacial score (nSPS) is 40.3. The monoisotopic (exact) mass is 118 g/mol. The second-order valence-electron chi connectivity index (χ2n) is 1.92. The molecule has 1 aliphatic rings. The van der Waals surface area contributed by atoms with Crippen molar-refractivity contribution in [2.24, 2.45) is 0 Å². The molecule has 0 N–H and O–H groups in total. The first-order chi connectivity index (χ1) is 3.34. The fraction of sp³-hybridized carbons (Fsp3) is 1.00. The number of methoxy groups -OCH3 is 1. The van der Waals surface area contributed by atoms with E-state index >= 15 is 0 Å². The molecule has 0 aliphatic heterocycles.